The number of halogens is 2. The number of carbonyl (C=O) groups excluding carboxylic acids is 1. The Hall–Kier alpha value is -2.43. The van der Waals surface area contributed by atoms with Crippen LogP contribution >= 0.6 is 0 Å². The zero-order valence-electron chi connectivity index (χ0n) is 11.8. The summed E-state index contributed by atoms with van der Waals surface area (Å²) in [7, 11) is 3.25. The maximum Gasteiger partial charge on any atom is 0.185 e. The van der Waals surface area contributed by atoms with E-state index in [2.05, 4.69) is 0 Å². The zero-order chi connectivity index (χ0) is 15.4. The summed E-state index contributed by atoms with van der Waals surface area (Å²) in [5.74, 6) is -1.19. The standard InChI is InChI=1S/C16H15F2NO2/c1-19(12-4-3-5-13(9-12)21-2)10-16(20)14-8-11(17)6-7-15(14)18/h3-9H,10H2,1-2H3. The van der Waals surface area contributed by atoms with E-state index in [1.54, 1.807) is 43.3 Å². The Bertz CT molecular complexity index is 658. The summed E-state index contributed by atoms with van der Waals surface area (Å²) in [6.45, 7) is -0.0620. The lowest BCUT2D eigenvalue weighted by atomic mass is 10.1. The molecule has 0 spiro atoms. The van der Waals surface area contributed by atoms with Gasteiger partial charge in [0.1, 0.15) is 17.4 Å². The number of ketones is 1. The lowest BCUT2D eigenvalue weighted by molar-refractivity contribution is 0.0996. The number of anilines is 1. The monoisotopic (exact) mass is 291 g/mol. The highest BCUT2D eigenvalue weighted by atomic mass is 19.1. The van der Waals surface area contributed by atoms with Crippen LogP contribution in [0, 0.1) is 11.6 Å². The van der Waals surface area contributed by atoms with Crippen LogP contribution in [0.2, 0.25) is 0 Å². The number of hydrogen-bond acceptors (Lipinski definition) is 3. The van der Waals surface area contributed by atoms with Gasteiger partial charge >= 0.3 is 0 Å². The van der Waals surface area contributed by atoms with E-state index in [0.717, 1.165) is 23.9 Å². The number of ether oxygens (including phenoxy) is 1. The maximum absolute atomic E-state index is 13.6. The molecule has 0 unspecified atom stereocenters. The molecule has 2 aromatic carbocycles. The Labute approximate surface area is 121 Å². The molecule has 5 heteroatoms. The molecular formula is C16H15F2NO2. The Morgan fingerprint density at radius 1 is 1.19 bits per heavy atom. The van der Waals surface area contributed by atoms with Gasteiger partial charge in [0, 0.05) is 18.8 Å². The van der Waals surface area contributed by atoms with Crippen LogP contribution in [0.25, 0.3) is 0 Å². The van der Waals surface area contributed by atoms with Crippen LogP contribution < -0.4 is 9.64 Å². The molecule has 0 aliphatic rings. The van der Waals surface area contributed by atoms with E-state index in [9.17, 15) is 13.6 Å². The molecule has 2 aromatic rings. The predicted octanol–water partition coefficient (Wildman–Crippen LogP) is 3.29. The van der Waals surface area contributed by atoms with Gasteiger partial charge in [-0.15, -0.1) is 0 Å². The summed E-state index contributed by atoms with van der Waals surface area (Å²) in [6, 6.07) is 9.99. The number of hydrogen-bond donors (Lipinski definition) is 0. The number of carbonyl (C=O) groups is 1. The van der Waals surface area contributed by atoms with Crippen LogP contribution in [0.15, 0.2) is 42.5 Å². The van der Waals surface area contributed by atoms with Crippen molar-refractivity contribution in [2.45, 2.75) is 0 Å². The van der Waals surface area contributed by atoms with Crippen molar-refractivity contribution in [2.75, 3.05) is 25.6 Å². The second-order valence-electron chi connectivity index (χ2n) is 4.60. The first-order valence-electron chi connectivity index (χ1n) is 6.34. The minimum atomic E-state index is -0.722. The highest BCUT2D eigenvalue weighted by molar-refractivity contribution is 5.99. The number of benzene rings is 2. The van der Waals surface area contributed by atoms with Crippen molar-refractivity contribution in [3.05, 3.63) is 59.7 Å². The number of methoxy groups -OCH3 is 1. The highest BCUT2D eigenvalue weighted by Gasteiger charge is 2.15. The van der Waals surface area contributed by atoms with Gasteiger partial charge in [0.15, 0.2) is 5.78 Å². The van der Waals surface area contributed by atoms with Gasteiger partial charge in [0.05, 0.1) is 19.2 Å². The Kier molecular flexibility index (Phi) is 4.52. The van der Waals surface area contributed by atoms with Gasteiger partial charge in [-0.05, 0) is 30.3 Å². The van der Waals surface area contributed by atoms with Crippen LogP contribution in [0.5, 0.6) is 5.75 Å². The summed E-state index contributed by atoms with van der Waals surface area (Å²) >= 11 is 0. The van der Waals surface area contributed by atoms with Gasteiger partial charge in [0.25, 0.3) is 0 Å². The summed E-state index contributed by atoms with van der Waals surface area (Å²) in [4.78, 5) is 13.7. The van der Waals surface area contributed by atoms with E-state index in [1.807, 2.05) is 0 Å². The number of Topliss-reactive ketones (excluding diaryl/α,β-unsaturated/α-hetero) is 1. The third kappa shape index (κ3) is 3.56. The fourth-order valence-electron chi connectivity index (χ4n) is 1.95. The molecule has 0 radical (unpaired) electrons. The van der Waals surface area contributed by atoms with E-state index >= 15 is 0 Å². The van der Waals surface area contributed by atoms with Crippen molar-refractivity contribution >= 4 is 11.5 Å². The molecule has 3 nitrogen and oxygen atoms in total. The summed E-state index contributed by atoms with van der Waals surface area (Å²) in [5.41, 5.74) is 0.504. The second-order valence-corrected chi connectivity index (χ2v) is 4.60. The second kappa shape index (κ2) is 6.35. The number of rotatable bonds is 5. The largest absolute Gasteiger partial charge is 0.497 e. The van der Waals surface area contributed by atoms with E-state index in [1.165, 1.54) is 0 Å². The van der Waals surface area contributed by atoms with E-state index in [0.29, 0.717) is 5.75 Å². The molecule has 0 saturated carbocycles. The van der Waals surface area contributed by atoms with E-state index in [4.69, 9.17) is 4.74 Å². The molecule has 0 aliphatic carbocycles. The lowest BCUT2D eigenvalue weighted by Crippen LogP contribution is -2.26. The summed E-state index contributed by atoms with van der Waals surface area (Å²) in [5, 5.41) is 0. The Morgan fingerprint density at radius 2 is 1.95 bits per heavy atom. The molecular weight excluding hydrogens is 276 g/mol. The predicted molar refractivity (Wildman–Crippen MR) is 77.0 cm³/mol. The van der Waals surface area contributed by atoms with Gasteiger partial charge < -0.3 is 9.64 Å². The summed E-state index contributed by atoms with van der Waals surface area (Å²) < 4.78 is 31.8. The smallest absolute Gasteiger partial charge is 0.185 e. The highest BCUT2D eigenvalue weighted by Crippen LogP contribution is 2.20. The quantitative estimate of drug-likeness (QED) is 0.792. The molecule has 0 fully saturated rings. The maximum atomic E-state index is 13.6. The molecule has 0 atom stereocenters. The van der Waals surface area contributed by atoms with Gasteiger partial charge in [-0.2, -0.15) is 0 Å². The van der Waals surface area contributed by atoms with Gasteiger partial charge in [-0.3, -0.25) is 4.79 Å². The first-order valence-corrected chi connectivity index (χ1v) is 6.34. The average molecular weight is 291 g/mol. The first-order chi connectivity index (χ1) is 10.0. The third-order valence-electron chi connectivity index (χ3n) is 3.10. The fourth-order valence-corrected chi connectivity index (χ4v) is 1.95. The van der Waals surface area contributed by atoms with Crippen LogP contribution in [0.4, 0.5) is 14.5 Å². The molecule has 0 N–H and O–H groups in total. The molecule has 0 bridgehead atoms. The van der Waals surface area contributed by atoms with Gasteiger partial charge in [0.2, 0.25) is 0 Å². The molecule has 2 rings (SSSR count). The number of likely N-dealkylation sites (N-methyl/N-ethyl adjacent to an activating group) is 1. The molecule has 0 saturated heterocycles. The van der Waals surface area contributed by atoms with Crippen molar-refractivity contribution in [2.24, 2.45) is 0 Å². The lowest BCUT2D eigenvalue weighted by Gasteiger charge is -2.19. The molecule has 0 aliphatic heterocycles. The Balaban J connectivity index is 2.16. The van der Waals surface area contributed by atoms with Crippen molar-refractivity contribution in [1.29, 1.82) is 0 Å². The van der Waals surface area contributed by atoms with Gasteiger partial charge in [-0.1, -0.05) is 6.07 Å². The van der Waals surface area contributed by atoms with Crippen LogP contribution in [0.3, 0.4) is 0 Å². The third-order valence-corrected chi connectivity index (χ3v) is 3.10. The van der Waals surface area contributed by atoms with Crippen LogP contribution in [0.1, 0.15) is 10.4 Å². The molecule has 0 aromatic heterocycles. The number of nitrogens with zero attached hydrogens (tertiary/aromatic N) is 1. The SMILES string of the molecule is COc1cccc(N(C)CC(=O)c2cc(F)ccc2F)c1. The van der Waals surface area contributed by atoms with Crippen molar-refractivity contribution < 1.29 is 18.3 Å². The zero-order valence-corrected chi connectivity index (χ0v) is 11.8. The van der Waals surface area contributed by atoms with Crippen LogP contribution in [-0.4, -0.2) is 26.5 Å². The topological polar surface area (TPSA) is 29.5 Å². The first kappa shape index (κ1) is 15.0. The molecule has 0 amide bonds. The minimum Gasteiger partial charge on any atom is -0.497 e. The average Bonchev–Trinajstić information content (AvgIpc) is 2.49. The van der Waals surface area contributed by atoms with E-state index in [-0.39, 0.29) is 12.1 Å². The van der Waals surface area contributed by atoms with Gasteiger partial charge in [-0.25, -0.2) is 8.78 Å². The van der Waals surface area contributed by atoms with Crippen molar-refractivity contribution in [1.82, 2.24) is 0 Å². The normalized spacial score (nSPS) is 10.3. The minimum absolute atomic E-state index is 0.0620. The Morgan fingerprint density at radius 3 is 2.67 bits per heavy atom. The molecule has 110 valence electrons. The fraction of sp³-hybridized carbons (Fsp3) is 0.188. The van der Waals surface area contributed by atoms with Crippen molar-refractivity contribution in [3.63, 3.8) is 0 Å². The van der Waals surface area contributed by atoms with Crippen LogP contribution in [-0.2, 0) is 0 Å². The molecule has 21 heavy (non-hydrogen) atoms. The summed E-state index contributed by atoms with van der Waals surface area (Å²) in [6.07, 6.45) is 0. The van der Waals surface area contributed by atoms with Crippen molar-refractivity contribution in [3.8, 4) is 5.75 Å². The van der Waals surface area contributed by atoms with E-state index < -0.39 is 17.4 Å². The molecule has 0 heterocycles.